The Bertz CT molecular complexity index is 670. The first-order valence-electron chi connectivity index (χ1n) is 6.32. The number of carbonyl (C=O) groups is 1. The molecule has 1 N–H and O–H groups in total. The third kappa shape index (κ3) is 3.44. The van der Waals surface area contributed by atoms with Crippen molar-refractivity contribution in [2.45, 2.75) is 10.9 Å². The number of carbonyl (C=O) groups excluding carboxylic acids is 1. The fourth-order valence-electron chi connectivity index (χ4n) is 2.05. The van der Waals surface area contributed by atoms with Crippen molar-refractivity contribution in [2.24, 2.45) is 7.05 Å². The Balaban J connectivity index is 2.47. The van der Waals surface area contributed by atoms with Crippen LogP contribution in [0.2, 0.25) is 0 Å². The number of para-hydroxylation sites is 1. The van der Waals surface area contributed by atoms with Gasteiger partial charge in [-0.2, -0.15) is 8.78 Å². The van der Waals surface area contributed by atoms with Crippen LogP contribution in [-0.4, -0.2) is 27.4 Å². The van der Waals surface area contributed by atoms with Gasteiger partial charge in [0.15, 0.2) is 0 Å². The predicted molar refractivity (Wildman–Crippen MR) is 80.1 cm³/mol. The van der Waals surface area contributed by atoms with Crippen molar-refractivity contribution in [2.75, 3.05) is 7.11 Å². The van der Waals surface area contributed by atoms with Gasteiger partial charge in [0, 0.05) is 40.9 Å². The minimum Gasteiger partial charge on any atom is -0.496 e. The van der Waals surface area contributed by atoms with Crippen LogP contribution in [-0.2, 0) is 11.8 Å². The monoisotopic (exact) mass is 373 g/mol. The van der Waals surface area contributed by atoms with Crippen LogP contribution < -0.4 is 10.1 Å². The number of methoxy groups -OCH3 is 1. The van der Waals surface area contributed by atoms with E-state index < -0.39 is 16.8 Å². The van der Waals surface area contributed by atoms with Crippen LogP contribution in [0, 0.1) is 0 Å². The maximum absolute atomic E-state index is 13.2. The van der Waals surface area contributed by atoms with Gasteiger partial charge in [-0.05, 0) is 6.07 Å². The first-order chi connectivity index (χ1) is 10.3. The topological polar surface area (TPSA) is 56.1 Å². The Morgan fingerprint density at radius 1 is 1.45 bits per heavy atom. The summed E-state index contributed by atoms with van der Waals surface area (Å²) in [5.74, 6) is -0.574. The van der Waals surface area contributed by atoms with Crippen molar-refractivity contribution in [3.63, 3.8) is 0 Å². The number of aryl methyl sites for hydroxylation is 1. The van der Waals surface area contributed by atoms with E-state index in [2.05, 4.69) is 26.2 Å². The molecule has 1 atom stereocenters. The van der Waals surface area contributed by atoms with Gasteiger partial charge in [0.1, 0.15) is 17.6 Å². The zero-order valence-electron chi connectivity index (χ0n) is 11.9. The third-order valence-electron chi connectivity index (χ3n) is 3.10. The quantitative estimate of drug-likeness (QED) is 0.819. The summed E-state index contributed by atoms with van der Waals surface area (Å²) in [4.78, 5) is 12.1. The van der Waals surface area contributed by atoms with Gasteiger partial charge in [0.25, 0.3) is 0 Å². The Hall–Kier alpha value is -1.96. The average molecular weight is 374 g/mol. The molecule has 2 aromatic rings. The Kier molecular flexibility index (Phi) is 4.80. The summed E-state index contributed by atoms with van der Waals surface area (Å²) >= 11 is 2.06. The van der Waals surface area contributed by atoms with Gasteiger partial charge in [-0.25, -0.2) is 4.98 Å². The second-order valence-corrected chi connectivity index (χ2v) is 5.54. The van der Waals surface area contributed by atoms with Crippen LogP contribution in [0.15, 0.2) is 36.7 Å². The van der Waals surface area contributed by atoms with Crippen molar-refractivity contribution >= 4 is 21.8 Å². The number of nitrogens with one attached hydrogen (secondary N) is 1. The molecule has 1 heterocycles. The molecule has 1 aromatic heterocycles. The van der Waals surface area contributed by atoms with Gasteiger partial charge < -0.3 is 14.6 Å². The number of hydrogen-bond acceptors (Lipinski definition) is 3. The number of nitrogens with zero attached hydrogens (tertiary/aromatic N) is 2. The zero-order valence-corrected chi connectivity index (χ0v) is 13.5. The molecule has 5 nitrogen and oxygen atoms in total. The molecule has 0 radical (unpaired) electrons. The molecule has 0 fully saturated rings. The van der Waals surface area contributed by atoms with Crippen molar-refractivity contribution < 1.29 is 18.3 Å². The summed E-state index contributed by atoms with van der Waals surface area (Å²) in [6.45, 7) is 0. The van der Waals surface area contributed by atoms with E-state index in [1.54, 1.807) is 42.1 Å². The SMILES string of the molecule is COc1ccccc1[C@H](NC(=O)C(F)(F)Br)c1nccn1C. The number of alkyl halides is 3. The summed E-state index contributed by atoms with van der Waals surface area (Å²) in [5, 5.41) is 2.29. The van der Waals surface area contributed by atoms with E-state index in [9.17, 15) is 13.6 Å². The van der Waals surface area contributed by atoms with Gasteiger partial charge in [-0.3, -0.25) is 4.79 Å². The second kappa shape index (κ2) is 6.43. The number of imidazole rings is 1. The summed E-state index contributed by atoms with van der Waals surface area (Å²) < 4.78 is 33.2. The highest BCUT2D eigenvalue weighted by Crippen LogP contribution is 2.31. The van der Waals surface area contributed by atoms with Crippen LogP contribution >= 0.6 is 15.9 Å². The number of ether oxygens (including phenoxy) is 1. The van der Waals surface area contributed by atoms with E-state index in [1.165, 1.54) is 13.3 Å². The lowest BCUT2D eigenvalue weighted by Crippen LogP contribution is -2.39. The minimum atomic E-state index is -3.67. The minimum absolute atomic E-state index is 0.412. The molecule has 0 aliphatic rings. The highest BCUT2D eigenvalue weighted by atomic mass is 79.9. The Morgan fingerprint density at radius 3 is 2.68 bits per heavy atom. The molecule has 0 spiro atoms. The van der Waals surface area contributed by atoms with Gasteiger partial charge in [-0.1, -0.05) is 18.2 Å². The largest absolute Gasteiger partial charge is 0.496 e. The molecule has 1 amide bonds. The molecular weight excluding hydrogens is 360 g/mol. The van der Waals surface area contributed by atoms with Crippen LogP contribution in [0.5, 0.6) is 5.75 Å². The number of halogens is 3. The maximum Gasteiger partial charge on any atom is 0.377 e. The number of amides is 1. The molecule has 0 saturated carbocycles. The molecule has 2 rings (SSSR count). The molecule has 22 heavy (non-hydrogen) atoms. The molecule has 0 bridgehead atoms. The smallest absolute Gasteiger partial charge is 0.377 e. The van der Waals surface area contributed by atoms with Crippen LogP contribution in [0.4, 0.5) is 8.78 Å². The van der Waals surface area contributed by atoms with E-state index in [0.717, 1.165) is 0 Å². The van der Waals surface area contributed by atoms with Crippen molar-refractivity contribution in [3.8, 4) is 5.75 Å². The highest BCUT2D eigenvalue weighted by molar-refractivity contribution is 9.10. The first-order valence-corrected chi connectivity index (χ1v) is 7.11. The fraction of sp³-hybridized carbons (Fsp3) is 0.286. The standard InChI is InChI=1S/C14H14BrF2N3O2/c1-20-8-7-18-12(20)11(19-13(21)14(15,16)17)9-5-3-4-6-10(9)22-2/h3-8,11H,1-2H3,(H,19,21)/t11-/m0/s1. The molecule has 118 valence electrons. The van der Waals surface area contributed by atoms with Crippen LogP contribution in [0.25, 0.3) is 0 Å². The summed E-state index contributed by atoms with van der Waals surface area (Å²) in [6.07, 6.45) is 3.19. The molecule has 8 heteroatoms. The number of hydrogen-bond donors (Lipinski definition) is 1. The summed E-state index contributed by atoms with van der Waals surface area (Å²) in [5.41, 5.74) is 0.532. The van der Waals surface area contributed by atoms with Gasteiger partial charge >= 0.3 is 10.7 Å². The Labute approximate surface area is 134 Å². The average Bonchev–Trinajstić information content (AvgIpc) is 2.89. The van der Waals surface area contributed by atoms with Gasteiger partial charge in [0.05, 0.1) is 7.11 Å². The van der Waals surface area contributed by atoms with Crippen molar-refractivity contribution in [1.29, 1.82) is 0 Å². The van der Waals surface area contributed by atoms with Crippen LogP contribution in [0.1, 0.15) is 17.4 Å². The molecule has 0 aliphatic heterocycles. The zero-order chi connectivity index (χ0) is 16.3. The fourth-order valence-corrected chi connectivity index (χ4v) is 2.17. The summed E-state index contributed by atoms with van der Waals surface area (Å²) in [7, 11) is 3.18. The molecule has 0 aliphatic carbocycles. The third-order valence-corrected chi connectivity index (χ3v) is 3.46. The lowest BCUT2D eigenvalue weighted by molar-refractivity contribution is -0.134. The van der Waals surface area contributed by atoms with E-state index >= 15 is 0 Å². The van der Waals surface area contributed by atoms with Crippen LogP contribution in [0.3, 0.4) is 0 Å². The Morgan fingerprint density at radius 2 is 2.14 bits per heavy atom. The molecule has 0 unspecified atom stereocenters. The van der Waals surface area contributed by atoms with Crippen molar-refractivity contribution in [3.05, 3.63) is 48.0 Å². The predicted octanol–water partition coefficient (Wildman–Crippen LogP) is 2.62. The van der Waals surface area contributed by atoms with Gasteiger partial charge in [-0.15, -0.1) is 0 Å². The normalized spacial score (nSPS) is 12.8. The van der Waals surface area contributed by atoms with E-state index in [1.807, 2.05) is 0 Å². The first kappa shape index (κ1) is 16.4. The lowest BCUT2D eigenvalue weighted by atomic mass is 10.0. The maximum atomic E-state index is 13.2. The van der Waals surface area contributed by atoms with Gasteiger partial charge in [0.2, 0.25) is 0 Å². The lowest BCUT2D eigenvalue weighted by Gasteiger charge is -2.22. The summed E-state index contributed by atoms with van der Waals surface area (Å²) in [6, 6.07) is 5.98. The van der Waals surface area contributed by atoms with E-state index in [4.69, 9.17) is 4.74 Å². The number of benzene rings is 1. The van der Waals surface area contributed by atoms with E-state index in [-0.39, 0.29) is 0 Å². The molecule has 0 saturated heterocycles. The van der Waals surface area contributed by atoms with E-state index in [0.29, 0.717) is 17.1 Å². The van der Waals surface area contributed by atoms with Crippen molar-refractivity contribution in [1.82, 2.24) is 14.9 Å². The number of rotatable bonds is 5. The number of aromatic nitrogens is 2. The highest BCUT2D eigenvalue weighted by Gasteiger charge is 2.38. The molecule has 1 aromatic carbocycles. The second-order valence-electron chi connectivity index (χ2n) is 4.54. The molecular formula is C14H14BrF2N3O2.